The fourth-order valence-corrected chi connectivity index (χ4v) is 4.66. The van der Waals surface area contributed by atoms with E-state index in [0.29, 0.717) is 0 Å². The first-order valence-electron chi connectivity index (χ1n) is 7.76. The second-order valence-electron chi connectivity index (χ2n) is 6.74. The number of amides is 1. The largest absolute Gasteiger partial charge is 0.336 e. The van der Waals surface area contributed by atoms with Gasteiger partial charge in [-0.25, -0.2) is 0 Å². The molecule has 1 aliphatic heterocycles. The van der Waals surface area contributed by atoms with Gasteiger partial charge in [-0.3, -0.25) is 4.79 Å². The predicted octanol–water partition coefficient (Wildman–Crippen LogP) is 1.38. The van der Waals surface area contributed by atoms with E-state index < -0.39 is 40.2 Å². The fraction of sp³-hybridized carbons (Fsp3) is 0.444. The number of nitrogens with one attached hydrogen (secondary N) is 1. The third kappa shape index (κ3) is 1.44. The molecule has 1 amide bonds. The van der Waals surface area contributed by atoms with E-state index in [0.717, 1.165) is 5.56 Å². The van der Waals surface area contributed by atoms with Crippen LogP contribution in [0.2, 0.25) is 0 Å². The van der Waals surface area contributed by atoms with Gasteiger partial charge in [0, 0.05) is 17.8 Å². The number of hydrogen-bond acceptors (Lipinski definition) is 5. The van der Waals surface area contributed by atoms with Crippen molar-refractivity contribution in [3.8, 4) is 18.2 Å². The van der Waals surface area contributed by atoms with Crippen molar-refractivity contribution in [1.29, 1.82) is 15.8 Å². The van der Waals surface area contributed by atoms with Gasteiger partial charge in [0.05, 0.1) is 23.9 Å². The van der Waals surface area contributed by atoms with Crippen molar-refractivity contribution in [3.63, 3.8) is 0 Å². The molecular formula is C18H17N5O. The molecule has 1 aromatic rings. The highest BCUT2D eigenvalue weighted by Gasteiger charge is 2.79. The monoisotopic (exact) mass is 319 g/mol. The Kier molecular flexibility index (Phi) is 3.20. The second kappa shape index (κ2) is 4.81. The minimum atomic E-state index is -1.81. The number of benzene rings is 1. The van der Waals surface area contributed by atoms with E-state index in [9.17, 15) is 20.6 Å². The standard InChI is InChI=1S/C18H17N5O/c1-11-14(13-6-4-3-5-7-13)16(8-19,9-20)17(10-21)12(2)18(11,22)23-15(17)24/h3-7,11-12,14H,22H2,1-2H3,(H,23,24)/t11-,12-,14-,17+,18+/m0/s1. The molecule has 0 spiro atoms. The van der Waals surface area contributed by atoms with Gasteiger partial charge in [-0.15, -0.1) is 0 Å². The van der Waals surface area contributed by atoms with Crippen LogP contribution in [0.3, 0.4) is 0 Å². The molecule has 5 atom stereocenters. The molecule has 1 saturated heterocycles. The minimum Gasteiger partial charge on any atom is -0.336 e. The van der Waals surface area contributed by atoms with Crippen LogP contribution in [0, 0.1) is 56.7 Å². The summed E-state index contributed by atoms with van der Waals surface area (Å²) >= 11 is 0. The van der Waals surface area contributed by atoms with Crippen LogP contribution < -0.4 is 11.1 Å². The summed E-state index contributed by atoms with van der Waals surface area (Å²) in [5, 5.41) is 32.6. The highest BCUT2D eigenvalue weighted by molar-refractivity contribution is 5.93. The summed E-state index contributed by atoms with van der Waals surface area (Å²) < 4.78 is 0. The highest BCUT2D eigenvalue weighted by atomic mass is 16.2. The Balaban J connectivity index is 2.40. The third-order valence-corrected chi connectivity index (χ3v) is 6.08. The Labute approximate surface area is 140 Å². The summed E-state index contributed by atoms with van der Waals surface area (Å²) in [6, 6.07) is 15.1. The van der Waals surface area contributed by atoms with E-state index in [4.69, 9.17) is 5.73 Å². The normalized spacial score (nSPS) is 39.2. The van der Waals surface area contributed by atoms with Gasteiger partial charge in [-0.2, -0.15) is 15.8 Å². The van der Waals surface area contributed by atoms with Crippen LogP contribution in [0.15, 0.2) is 30.3 Å². The first-order chi connectivity index (χ1) is 11.4. The van der Waals surface area contributed by atoms with Gasteiger partial charge < -0.3 is 11.1 Å². The van der Waals surface area contributed by atoms with Crippen molar-refractivity contribution in [2.45, 2.75) is 25.4 Å². The smallest absolute Gasteiger partial charge is 0.245 e. The first-order valence-corrected chi connectivity index (χ1v) is 7.76. The molecule has 24 heavy (non-hydrogen) atoms. The number of carbonyl (C=O) groups excluding carboxylic acids is 1. The van der Waals surface area contributed by atoms with Gasteiger partial charge in [-0.1, -0.05) is 44.2 Å². The Morgan fingerprint density at radius 3 is 2.17 bits per heavy atom. The van der Waals surface area contributed by atoms with E-state index in [2.05, 4.69) is 5.32 Å². The number of nitrogens with two attached hydrogens (primary N) is 1. The van der Waals surface area contributed by atoms with E-state index in [1.165, 1.54) is 0 Å². The van der Waals surface area contributed by atoms with Crippen LogP contribution in [-0.2, 0) is 4.79 Å². The summed E-state index contributed by atoms with van der Waals surface area (Å²) in [7, 11) is 0. The van der Waals surface area contributed by atoms with E-state index in [1.807, 2.05) is 31.2 Å². The molecule has 2 fully saturated rings. The minimum absolute atomic E-state index is 0.401. The van der Waals surface area contributed by atoms with Crippen LogP contribution in [0.1, 0.15) is 25.3 Å². The van der Waals surface area contributed by atoms with Gasteiger partial charge in [0.15, 0.2) is 10.8 Å². The predicted molar refractivity (Wildman–Crippen MR) is 84.3 cm³/mol. The average Bonchev–Trinajstić information content (AvgIpc) is 2.77. The molecule has 3 rings (SSSR count). The molecule has 1 aromatic carbocycles. The molecule has 120 valence electrons. The lowest BCUT2D eigenvalue weighted by Gasteiger charge is -2.52. The molecule has 6 heteroatoms. The van der Waals surface area contributed by atoms with Crippen molar-refractivity contribution in [2.75, 3.05) is 0 Å². The van der Waals surface area contributed by atoms with Gasteiger partial charge in [0.2, 0.25) is 5.91 Å². The van der Waals surface area contributed by atoms with Crippen LogP contribution in [0.4, 0.5) is 0 Å². The topological polar surface area (TPSA) is 126 Å². The van der Waals surface area contributed by atoms with Crippen LogP contribution in [-0.4, -0.2) is 11.6 Å². The quantitative estimate of drug-likeness (QED) is 0.808. The zero-order chi connectivity index (χ0) is 17.8. The van der Waals surface area contributed by atoms with Gasteiger partial charge >= 0.3 is 0 Å². The van der Waals surface area contributed by atoms with Gasteiger partial charge in [-0.05, 0) is 5.56 Å². The number of hydrogen-bond donors (Lipinski definition) is 2. The maximum absolute atomic E-state index is 12.8. The van der Waals surface area contributed by atoms with Gasteiger partial charge in [0.25, 0.3) is 0 Å². The second-order valence-corrected chi connectivity index (χ2v) is 6.74. The Morgan fingerprint density at radius 2 is 1.67 bits per heavy atom. The fourth-order valence-electron chi connectivity index (χ4n) is 4.66. The number of rotatable bonds is 1. The summed E-state index contributed by atoms with van der Waals surface area (Å²) in [4.78, 5) is 12.8. The zero-order valence-electron chi connectivity index (χ0n) is 13.4. The van der Waals surface area contributed by atoms with Crippen molar-refractivity contribution >= 4 is 5.91 Å². The number of fused-ring (bicyclic) bond motifs is 2. The maximum Gasteiger partial charge on any atom is 0.245 e. The summed E-state index contributed by atoms with van der Waals surface area (Å²) in [5.41, 5.74) is 2.45. The van der Waals surface area contributed by atoms with E-state index in [-0.39, 0.29) is 0 Å². The molecule has 2 bridgehead atoms. The summed E-state index contributed by atoms with van der Waals surface area (Å²) in [6.45, 7) is 3.49. The van der Waals surface area contributed by atoms with E-state index >= 15 is 0 Å². The molecule has 2 aliphatic rings. The van der Waals surface area contributed by atoms with Crippen LogP contribution >= 0.6 is 0 Å². The van der Waals surface area contributed by atoms with Crippen molar-refractivity contribution in [3.05, 3.63) is 35.9 Å². The Morgan fingerprint density at radius 1 is 1.08 bits per heavy atom. The number of nitriles is 3. The van der Waals surface area contributed by atoms with Crippen molar-refractivity contribution in [1.82, 2.24) is 5.32 Å². The Bertz CT molecular complexity index is 816. The maximum atomic E-state index is 12.8. The van der Waals surface area contributed by atoms with Crippen LogP contribution in [0.5, 0.6) is 0 Å². The molecule has 6 nitrogen and oxygen atoms in total. The summed E-state index contributed by atoms with van der Waals surface area (Å²) in [5.74, 6) is -2.36. The number of nitrogens with zero attached hydrogens (tertiary/aromatic N) is 3. The number of carbonyl (C=O) groups is 1. The average molecular weight is 319 g/mol. The molecule has 0 aromatic heterocycles. The summed E-state index contributed by atoms with van der Waals surface area (Å²) in [6.07, 6.45) is 0. The lowest BCUT2D eigenvalue weighted by atomic mass is 9.45. The lowest BCUT2D eigenvalue weighted by molar-refractivity contribution is -0.129. The highest BCUT2D eigenvalue weighted by Crippen LogP contribution is 2.66. The molecule has 1 heterocycles. The van der Waals surface area contributed by atoms with E-state index in [1.54, 1.807) is 31.2 Å². The van der Waals surface area contributed by atoms with Crippen LogP contribution in [0.25, 0.3) is 0 Å². The Hall–Kier alpha value is -2.88. The van der Waals surface area contributed by atoms with Gasteiger partial charge in [0.1, 0.15) is 0 Å². The molecule has 0 radical (unpaired) electrons. The SMILES string of the molecule is C[C@@H]1[C@]2(N)NC(=O)[C@]1(C#N)C(C#N)(C#N)[C@H](c1ccccc1)[C@@H]2C. The lowest BCUT2D eigenvalue weighted by Crippen LogP contribution is -2.66. The van der Waals surface area contributed by atoms with Crippen molar-refractivity contribution < 1.29 is 4.79 Å². The zero-order valence-corrected chi connectivity index (χ0v) is 13.4. The van der Waals surface area contributed by atoms with Crippen molar-refractivity contribution in [2.24, 2.45) is 28.4 Å². The molecule has 0 unspecified atom stereocenters. The molecular weight excluding hydrogens is 302 g/mol. The molecule has 1 saturated carbocycles. The molecule has 3 N–H and O–H groups in total. The first kappa shape index (κ1) is 16.0. The molecule has 1 aliphatic carbocycles. The third-order valence-electron chi connectivity index (χ3n) is 6.08.